The first-order chi connectivity index (χ1) is 13.5. The van der Waals surface area contributed by atoms with E-state index in [1.807, 2.05) is 62.4 Å². The van der Waals surface area contributed by atoms with Gasteiger partial charge in [-0.1, -0.05) is 35.9 Å². The Morgan fingerprint density at radius 2 is 2.00 bits per heavy atom. The first-order valence-electron chi connectivity index (χ1n) is 8.93. The van der Waals surface area contributed by atoms with Crippen LogP contribution in [0.5, 0.6) is 11.5 Å². The molecule has 1 unspecified atom stereocenters. The number of nitrogens with one attached hydrogen (secondary N) is 1. The monoisotopic (exact) mass is 381 g/mol. The Hall–Kier alpha value is -3.42. The quantitative estimate of drug-likeness (QED) is 0.644. The smallest absolute Gasteiger partial charge is 0.244 e. The molecule has 0 saturated heterocycles. The lowest BCUT2D eigenvalue weighted by molar-refractivity contribution is -0.122. The first-order valence-corrected chi connectivity index (χ1v) is 8.93. The van der Waals surface area contributed by atoms with Crippen molar-refractivity contribution in [3.05, 3.63) is 65.5 Å². The molecule has 1 aromatic heterocycles. The molecule has 3 aromatic rings. The van der Waals surface area contributed by atoms with Crippen LogP contribution in [0.1, 0.15) is 29.9 Å². The van der Waals surface area contributed by atoms with E-state index in [-0.39, 0.29) is 25.1 Å². The molecule has 28 heavy (non-hydrogen) atoms. The van der Waals surface area contributed by atoms with Gasteiger partial charge in [-0.15, -0.1) is 10.2 Å². The molecule has 8 heteroatoms. The maximum atomic E-state index is 12.4. The fourth-order valence-electron chi connectivity index (χ4n) is 2.75. The van der Waals surface area contributed by atoms with Crippen molar-refractivity contribution >= 4 is 5.91 Å². The Morgan fingerprint density at radius 3 is 2.75 bits per heavy atom. The highest BCUT2D eigenvalue weighted by molar-refractivity contribution is 5.76. The van der Waals surface area contributed by atoms with Gasteiger partial charge in [0.1, 0.15) is 18.0 Å². The van der Waals surface area contributed by atoms with Crippen molar-refractivity contribution in [3.8, 4) is 11.5 Å². The highest BCUT2D eigenvalue weighted by Gasteiger charge is 2.15. The molecular formula is C20H23N5O3. The fourth-order valence-corrected chi connectivity index (χ4v) is 2.75. The highest BCUT2D eigenvalue weighted by atomic mass is 16.5. The third-order valence-electron chi connectivity index (χ3n) is 4.12. The van der Waals surface area contributed by atoms with Crippen LogP contribution < -0.4 is 14.8 Å². The summed E-state index contributed by atoms with van der Waals surface area (Å²) >= 11 is 0. The van der Waals surface area contributed by atoms with E-state index in [2.05, 4.69) is 20.7 Å². The van der Waals surface area contributed by atoms with Gasteiger partial charge in [0.25, 0.3) is 0 Å². The summed E-state index contributed by atoms with van der Waals surface area (Å²) in [6.45, 7) is 4.05. The number of rotatable bonds is 8. The summed E-state index contributed by atoms with van der Waals surface area (Å²) < 4.78 is 11.0. The number of carbonyl (C=O) groups is 1. The largest absolute Gasteiger partial charge is 0.496 e. The maximum Gasteiger partial charge on any atom is 0.244 e. The minimum Gasteiger partial charge on any atom is -0.496 e. The fraction of sp³-hybridized carbons (Fsp3) is 0.300. The Bertz CT molecular complexity index is 927. The lowest BCUT2D eigenvalue weighted by Crippen LogP contribution is -2.31. The standard InChI is InChI=1S/C20H23N5O3/c1-14-9-10-18(27-3)17(11-14)15(2)21-20(26)12-25-23-19(22-24-25)13-28-16-7-5-4-6-8-16/h4-11,15H,12-13H2,1-3H3,(H,21,26). The van der Waals surface area contributed by atoms with Gasteiger partial charge in [-0.05, 0) is 37.3 Å². The zero-order valence-electron chi connectivity index (χ0n) is 16.1. The van der Waals surface area contributed by atoms with Crippen LogP contribution in [0.3, 0.4) is 0 Å². The topological polar surface area (TPSA) is 91.2 Å². The molecule has 0 radical (unpaired) electrons. The Kier molecular flexibility index (Phi) is 6.21. The van der Waals surface area contributed by atoms with Gasteiger partial charge in [0.05, 0.1) is 13.2 Å². The maximum absolute atomic E-state index is 12.4. The average molecular weight is 381 g/mol. The minimum absolute atomic E-state index is 0.0309. The van der Waals surface area contributed by atoms with Gasteiger partial charge >= 0.3 is 0 Å². The summed E-state index contributed by atoms with van der Waals surface area (Å²) in [7, 11) is 1.61. The SMILES string of the molecule is COc1ccc(C)cc1C(C)NC(=O)Cn1nnc(COc2ccccc2)n1. The first kappa shape index (κ1) is 19.3. The van der Waals surface area contributed by atoms with Crippen LogP contribution in [0.25, 0.3) is 0 Å². The van der Waals surface area contributed by atoms with Crippen molar-refractivity contribution < 1.29 is 14.3 Å². The summed E-state index contributed by atoms with van der Waals surface area (Å²) in [6.07, 6.45) is 0. The van der Waals surface area contributed by atoms with E-state index >= 15 is 0 Å². The molecule has 146 valence electrons. The van der Waals surface area contributed by atoms with Crippen LogP contribution in [0.15, 0.2) is 48.5 Å². The molecule has 1 amide bonds. The Labute approximate surface area is 163 Å². The van der Waals surface area contributed by atoms with Crippen LogP contribution in [0, 0.1) is 6.92 Å². The van der Waals surface area contributed by atoms with E-state index in [0.29, 0.717) is 5.82 Å². The second-order valence-corrected chi connectivity index (χ2v) is 6.37. The molecule has 1 N–H and O–H groups in total. The van der Waals surface area contributed by atoms with E-state index in [1.165, 1.54) is 4.80 Å². The molecule has 0 aliphatic carbocycles. The average Bonchev–Trinajstić information content (AvgIpc) is 3.14. The molecule has 3 rings (SSSR count). The molecule has 8 nitrogen and oxygen atoms in total. The number of hydrogen-bond acceptors (Lipinski definition) is 6. The lowest BCUT2D eigenvalue weighted by atomic mass is 10.0. The lowest BCUT2D eigenvalue weighted by Gasteiger charge is -2.17. The summed E-state index contributed by atoms with van der Waals surface area (Å²) in [6, 6.07) is 15.0. The predicted octanol–water partition coefficient (Wildman–Crippen LogP) is 2.45. The van der Waals surface area contributed by atoms with E-state index in [1.54, 1.807) is 7.11 Å². The molecule has 2 aromatic carbocycles. The number of aromatic nitrogens is 4. The molecule has 0 saturated carbocycles. The number of hydrogen-bond donors (Lipinski definition) is 1. The van der Waals surface area contributed by atoms with Gasteiger partial charge in [0.2, 0.25) is 11.7 Å². The predicted molar refractivity (Wildman–Crippen MR) is 103 cm³/mol. The molecule has 0 bridgehead atoms. The number of carbonyl (C=O) groups excluding carboxylic acids is 1. The minimum atomic E-state index is -0.219. The number of amides is 1. The van der Waals surface area contributed by atoms with E-state index in [9.17, 15) is 4.79 Å². The van der Waals surface area contributed by atoms with Gasteiger partial charge < -0.3 is 14.8 Å². The van der Waals surface area contributed by atoms with Crippen LogP contribution >= 0.6 is 0 Å². The van der Waals surface area contributed by atoms with Crippen LogP contribution in [-0.2, 0) is 17.9 Å². The van der Waals surface area contributed by atoms with Crippen LogP contribution in [0.2, 0.25) is 0 Å². The number of tetrazole rings is 1. The molecule has 0 fully saturated rings. The summed E-state index contributed by atoms with van der Waals surface area (Å²) in [5.41, 5.74) is 2.01. The van der Waals surface area contributed by atoms with E-state index < -0.39 is 0 Å². The van der Waals surface area contributed by atoms with Crippen molar-refractivity contribution in [2.24, 2.45) is 0 Å². The molecule has 0 aliphatic rings. The second-order valence-electron chi connectivity index (χ2n) is 6.37. The summed E-state index contributed by atoms with van der Waals surface area (Å²) in [5.74, 6) is 1.64. The molecule has 0 spiro atoms. The normalized spacial score (nSPS) is 11.7. The van der Waals surface area contributed by atoms with Gasteiger partial charge in [-0.2, -0.15) is 4.80 Å². The van der Waals surface area contributed by atoms with Crippen molar-refractivity contribution in [2.45, 2.75) is 33.0 Å². The zero-order valence-corrected chi connectivity index (χ0v) is 16.1. The summed E-state index contributed by atoms with van der Waals surface area (Å²) in [4.78, 5) is 13.6. The van der Waals surface area contributed by atoms with Gasteiger partial charge in [-0.25, -0.2) is 0 Å². The number of nitrogens with zero attached hydrogens (tertiary/aromatic N) is 4. The van der Waals surface area contributed by atoms with Crippen molar-refractivity contribution in [3.63, 3.8) is 0 Å². The Balaban J connectivity index is 1.55. The third kappa shape index (κ3) is 5.06. The van der Waals surface area contributed by atoms with Crippen LogP contribution in [0.4, 0.5) is 0 Å². The van der Waals surface area contributed by atoms with Gasteiger partial charge in [-0.3, -0.25) is 4.79 Å². The van der Waals surface area contributed by atoms with Gasteiger partial charge in [0.15, 0.2) is 6.61 Å². The van der Waals surface area contributed by atoms with Crippen molar-refractivity contribution in [1.82, 2.24) is 25.5 Å². The number of aryl methyl sites for hydroxylation is 1. The van der Waals surface area contributed by atoms with Gasteiger partial charge in [0, 0.05) is 5.56 Å². The molecule has 1 atom stereocenters. The number of benzene rings is 2. The molecular weight excluding hydrogens is 358 g/mol. The van der Waals surface area contributed by atoms with Crippen LogP contribution in [-0.4, -0.2) is 33.2 Å². The molecule has 0 aliphatic heterocycles. The number of para-hydroxylation sites is 1. The molecule has 1 heterocycles. The van der Waals surface area contributed by atoms with Crippen molar-refractivity contribution in [2.75, 3.05) is 7.11 Å². The zero-order chi connectivity index (χ0) is 19.9. The summed E-state index contributed by atoms with van der Waals surface area (Å²) in [5, 5.41) is 14.9. The number of ether oxygens (including phenoxy) is 2. The van der Waals surface area contributed by atoms with Crippen molar-refractivity contribution in [1.29, 1.82) is 0 Å². The third-order valence-corrected chi connectivity index (χ3v) is 4.12. The highest BCUT2D eigenvalue weighted by Crippen LogP contribution is 2.25. The number of methoxy groups -OCH3 is 1. The van der Waals surface area contributed by atoms with E-state index in [0.717, 1.165) is 22.6 Å². The second kappa shape index (κ2) is 8.98. The van der Waals surface area contributed by atoms with E-state index in [4.69, 9.17) is 9.47 Å². The Morgan fingerprint density at radius 1 is 1.21 bits per heavy atom.